The average Bonchev–Trinajstić information content (AvgIpc) is 2.54. The molecule has 2 rings (SSSR count). The molecular weight excluding hydrogens is 294 g/mol. The summed E-state index contributed by atoms with van der Waals surface area (Å²) >= 11 is 4.65. The second-order valence-electron chi connectivity index (χ2n) is 4.43. The molecule has 0 spiro atoms. The maximum absolute atomic E-state index is 5.64. The largest absolute Gasteiger partial charge is 0.490 e. The number of thiocarbonyl (C=S) groups is 1. The second-order valence-corrected chi connectivity index (χ2v) is 4.87. The first-order valence-corrected chi connectivity index (χ1v) is 7.18. The van der Waals surface area contributed by atoms with Crippen molar-refractivity contribution in [3.63, 3.8) is 0 Å². The van der Waals surface area contributed by atoms with E-state index in [1.807, 2.05) is 66.7 Å². The predicted molar refractivity (Wildman–Crippen MR) is 94.9 cm³/mol. The number of hydrogen-bond acceptors (Lipinski definition) is 3. The number of benzene rings is 2. The minimum atomic E-state index is 0.140. The Morgan fingerprint density at radius 3 is 2.50 bits per heavy atom. The van der Waals surface area contributed by atoms with Crippen molar-refractivity contribution in [3.8, 4) is 5.75 Å². The maximum Gasteiger partial charge on any atom is 0.184 e. The van der Waals surface area contributed by atoms with Crippen molar-refractivity contribution in [2.24, 2.45) is 10.8 Å². The van der Waals surface area contributed by atoms with Gasteiger partial charge in [0.1, 0.15) is 12.4 Å². The number of nitrogens with one attached hydrogen (secondary N) is 1. The number of ether oxygens (including phenoxy) is 1. The van der Waals surface area contributed by atoms with Crippen LogP contribution in [-0.2, 0) is 0 Å². The van der Waals surface area contributed by atoms with Gasteiger partial charge >= 0.3 is 0 Å². The molecule has 0 radical (unpaired) electrons. The summed E-state index contributed by atoms with van der Waals surface area (Å²) in [6.07, 6.45) is 5.65. The molecule has 0 unspecified atom stereocenters. The molecule has 5 heteroatoms. The van der Waals surface area contributed by atoms with Crippen LogP contribution >= 0.6 is 12.2 Å². The summed E-state index contributed by atoms with van der Waals surface area (Å²) in [4.78, 5) is 0. The van der Waals surface area contributed by atoms with E-state index in [9.17, 15) is 0 Å². The van der Waals surface area contributed by atoms with Crippen LogP contribution < -0.4 is 15.9 Å². The number of nitrogens with two attached hydrogens (primary N) is 1. The summed E-state index contributed by atoms with van der Waals surface area (Å²) in [6.45, 7) is 0.519. The fourth-order valence-electron chi connectivity index (χ4n) is 1.71. The molecule has 3 N–H and O–H groups in total. The Labute approximate surface area is 135 Å². The molecule has 0 aliphatic heterocycles. The Hall–Kier alpha value is -2.66. The van der Waals surface area contributed by atoms with Gasteiger partial charge in [-0.2, -0.15) is 5.10 Å². The first-order valence-electron chi connectivity index (χ1n) is 6.77. The van der Waals surface area contributed by atoms with Crippen molar-refractivity contribution < 1.29 is 4.74 Å². The van der Waals surface area contributed by atoms with E-state index in [1.165, 1.54) is 0 Å². The van der Waals surface area contributed by atoms with E-state index in [4.69, 9.17) is 10.5 Å². The van der Waals surface area contributed by atoms with Crippen molar-refractivity contribution in [2.75, 3.05) is 6.61 Å². The Bertz CT molecular complexity index is 651. The van der Waals surface area contributed by atoms with Gasteiger partial charge in [-0.3, -0.25) is 5.43 Å². The standard InChI is InChI=1S/C17H17N3OS/c18-17(22)20-19-13-15-8-10-16(11-9-15)21-12-4-7-14-5-2-1-3-6-14/h1-11,13H,12H2,(H3,18,20,22)/b7-4+,19-13?. The lowest BCUT2D eigenvalue weighted by molar-refractivity contribution is 0.363. The molecule has 0 aliphatic rings. The van der Waals surface area contributed by atoms with Crippen LogP contribution in [0.4, 0.5) is 0 Å². The summed E-state index contributed by atoms with van der Waals surface area (Å²) in [5, 5.41) is 4.03. The SMILES string of the molecule is NC(=S)NN=Cc1ccc(OC/C=C/c2ccccc2)cc1. The zero-order valence-electron chi connectivity index (χ0n) is 12.0. The average molecular weight is 311 g/mol. The second kappa shape index (κ2) is 8.59. The van der Waals surface area contributed by atoms with Crippen LogP contribution in [0, 0.1) is 0 Å². The quantitative estimate of drug-likeness (QED) is 0.489. The van der Waals surface area contributed by atoms with E-state index < -0.39 is 0 Å². The zero-order chi connectivity index (χ0) is 15.6. The molecule has 0 aromatic heterocycles. The van der Waals surface area contributed by atoms with Crippen molar-refractivity contribution in [2.45, 2.75) is 0 Å². The lowest BCUT2D eigenvalue weighted by Gasteiger charge is -2.03. The Morgan fingerprint density at radius 2 is 1.82 bits per heavy atom. The highest BCUT2D eigenvalue weighted by atomic mass is 32.1. The van der Waals surface area contributed by atoms with E-state index in [2.05, 4.69) is 22.7 Å². The number of rotatable bonds is 6. The molecule has 0 heterocycles. The van der Waals surface area contributed by atoms with Crippen LogP contribution in [0.3, 0.4) is 0 Å². The van der Waals surface area contributed by atoms with Crippen molar-refractivity contribution in [1.29, 1.82) is 0 Å². The lowest BCUT2D eigenvalue weighted by atomic mass is 10.2. The van der Waals surface area contributed by atoms with Gasteiger partial charge in [0.15, 0.2) is 5.11 Å². The van der Waals surface area contributed by atoms with E-state index in [1.54, 1.807) is 6.21 Å². The van der Waals surface area contributed by atoms with E-state index in [0.717, 1.165) is 16.9 Å². The van der Waals surface area contributed by atoms with Gasteiger partial charge in [0, 0.05) is 0 Å². The van der Waals surface area contributed by atoms with Gasteiger partial charge in [-0.1, -0.05) is 36.4 Å². The first kappa shape index (κ1) is 15.7. The molecule has 2 aromatic rings. The monoisotopic (exact) mass is 311 g/mol. The van der Waals surface area contributed by atoms with Gasteiger partial charge in [-0.25, -0.2) is 0 Å². The van der Waals surface area contributed by atoms with Gasteiger partial charge in [0.2, 0.25) is 0 Å². The summed E-state index contributed by atoms with van der Waals surface area (Å²) in [5.74, 6) is 0.803. The highest BCUT2D eigenvalue weighted by Crippen LogP contribution is 2.11. The van der Waals surface area contributed by atoms with E-state index in [-0.39, 0.29) is 5.11 Å². The van der Waals surface area contributed by atoms with Gasteiger partial charge < -0.3 is 10.5 Å². The number of hydrogen-bond donors (Lipinski definition) is 2. The van der Waals surface area contributed by atoms with E-state index in [0.29, 0.717) is 6.61 Å². The topological polar surface area (TPSA) is 59.6 Å². The lowest BCUT2D eigenvalue weighted by Crippen LogP contribution is -2.23. The van der Waals surface area contributed by atoms with Crippen LogP contribution in [0.15, 0.2) is 65.8 Å². The summed E-state index contributed by atoms with van der Waals surface area (Å²) in [5.41, 5.74) is 9.86. The van der Waals surface area contributed by atoms with Gasteiger partial charge in [0.05, 0.1) is 6.21 Å². The fraction of sp³-hybridized carbons (Fsp3) is 0.0588. The number of nitrogens with zero attached hydrogens (tertiary/aromatic N) is 1. The van der Waals surface area contributed by atoms with Crippen LogP contribution in [0.25, 0.3) is 6.08 Å². The van der Waals surface area contributed by atoms with Crippen molar-refractivity contribution in [1.82, 2.24) is 5.43 Å². The molecule has 112 valence electrons. The molecule has 22 heavy (non-hydrogen) atoms. The minimum absolute atomic E-state index is 0.140. The van der Waals surface area contributed by atoms with Gasteiger partial charge in [-0.05, 0) is 53.7 Å². The smallest absolute Gasteiger partial charge is 0.184 e. The summed E-state index contributed by atoms with van der Waals surface area (Å²) in [7, 11) is 0. The van der Waals surface area contributed by atoms with Crippen LogP contribution in [0.5, 0.6) is 5.75 Å². The molecule has 0 amide bonds. The Balaban J connectivity index is 1.80. The van der Waals surface area contributed by atoms with Crippen molar-refractivity contribution in [3.05, 3.63) is 71.8 Å². The molecule has 4 nitrogen and oxygen atoms in total. The normalized spacial score (nSPS) is 10.9. The highest BCUT2D eigenvalue weighted by Gasteiger charge is 1.93. The molecular formula is C17H17N3OS. The third-order valence-electron chi connectivity index (χ3n) is 2.72. The van der Waals surface area contributed by atoms with Crippen molar-refractivity contribution >= 4 is 29.6 Å². The Morgan fingerprint density at radius 1 is 1.09 bits per heavy atom. The molecule has 0 bridgehead atoms. The molecule has 2 aromatic carbocycles. The molecule has 0 fully saturated rings. The summed E-state index contributed by atoms with van der Waals surface area (Å²) < 4.78 is 5.64. The predicted octanol–water partition coefficient (Wildman–Crippen LogP) is 2.95. The molecule has 0 atom stereocenters. The Kier molecular flexibility index (Phi) is 6.14. The van der Waals surface area contributed by atoms with Crippen LogP contribution in [0.1, 0.15) is 11.1 Å². The summed E-state index contributed by atoms with van der Waals surface area (Å²) in [6, 6.07) is 17.7. The van der Waals surface area contributed by atoms with Crippen LogP contribution in [-0.4, -0.2) is 17.9 Å². The molecule has 0 aliphatic carbocycles. The van der Waals surface area contributed by atoms with Gasteiger partial charge in [0.25, 0.3) is 0 Å². The number of hydrazone groups is 1. The minimum Gasteiger partial charge on any atom is -0.490 e. The maximum atomic E-state index is 5.64. The fourth-order valence-corrected chi connectivity index (χ4v) is 1.77. The zero-order valence-corrected chi connectivity index (χ0v) is 12.8. The molecule has 0 saturated heterocycles. The van der Waals surface area contributed by atoms with Gasteiger partial charge in [-0.15, -0.1) is 0 Å². The third kappa shape index (κ3) is 5.76. The van der Waals surface area contributed by atoms with E-state index >= 15 is 0 Å². The highest BCUT2D eigenvalue weighted by molar-refractivity contribution is 7.80. The van der Waals surface area contributed by atoms with Crippen LogP contribution in [0.2, 0.25) is 0 Å². The third-order valence-corrected chi connectivity index (χ3v) is 2.82. The first-order chi connectivity index (χ1) is 10.7. The molecule has 0 saturated carbocycles.